The molecule has 0 amide bonds. The summed E-state index contributed by atoms with van der Waals surface area (Å²) in [7, 11) is 0. The molecule has 7 heteroatoms. The zero-order chi connectivity index (χ0) is 20.1. The summed E-state index contributed by atoms with van der Waals surface area (Å²) in [5.74, 6) is 4.67. The summed E-state index contributed by atoms with van der Waals surface area (Å²) in [6, 6.07) is 2.17. The van der Waals surface area contributed by atoms with Gasteiger partial charge in [-0.15, -0.1) is 0 Å². The molecule has 0 spiro atoms. The average Bonchev–Trinajstić information content (AvgIpc) is 2.67. The van der Waals surface area contributed by atoms with Gasteiger partial charge in [0.25, 0.3) is 0 Å². The monoisotopic (exact) mass is 404 g/mol. The summed E-state index contributed by atoms with van der Waals surface area (Å²) in [6.07, 6.45) is 4.96. The Kier molecular flexibility index (Phi) is 7.32. The highest BCUT2D eigenvalue weighted by molar-refractivity contribution is 7.80. The first-order valence-corrected chi connectivity index (χ1v) is 11.3. The third-order valence-corrected chi connectivity index (χ3v) is 5.93. The number of thiocarbonyl (C=S) groups is 1. The summed E-state index contributed by atoms with van der Waals surface area (Å²) in [4.78, 5) is 14.4. The van der Waals surface area contributed by atoms with Crippen molar-refractivity contribution in [1.29, 1.82) is 0 Å². The topological polar surface area (TPSA) is 56.3 Å². The Balaban J connectivity index is 1.80. The molecule has 3 heterocycles. The van der Waals surface area contributed by atoms with Crippen LogP contribution in [0.3, 0.4) is 0 Å². The van der Waals surface area contributed by atoms with Crippen molar-refractivity contribution in [1.82, 2.24) is 15.3 Å². The lowest BCUT2D eigenvalue weighted by molar-refractivity contribution is 0.435. The van der Waals surface area contributed by atoms with E-state index in [1.807, 2.05) is 0 Å². The molecule has 2 aliphatic heterocycles. The van der Waals surface area contributed by atoms with E-state index in [1.165, 1.54) is 25.7 Å². The van der Waals surface area contributed by atoms with E-state index in [0.717, 1.165) is 50.3 Å². The van der Waals surface area contributed by atoms with E-state index in [2.05, 4.69) is 54.2 Å². The van der Waals surface area contributed by atoms with E-state index in [4.69, 9.17) is 22.2 Å². The van der Waals surface area contributed by atoms with Gasteiger partial charge in [-0.1, -0.05) is 27.7 Å². The molecule has 2 fully saturated rings. The lowest BCUT2D eigenvalue weighted by Gasteiger charge is -2.34. The molecule has 3 rings (SSSR count). The van der Waals surface area contributed by atoms with Gasteiger partial charge in [0, 0.05) is 38.8 Å². The number of piperidine rings is 2. The third kappa shape index (κ3) is 5.93. The van der Waals surface area contributed by atoms with Gasteiger partial charge in [-0.2, -0.15) is 9.97 Å². The highest BCUT2D eigenvalue weighted by Crippen LogP contribution is 2.28. The van der Waals surface area contributed by atoms with Crippen LogP contribution in [0.2, 0.25) is 0 Å². The predicted molar refractivity (Wildman–Crippen MR) is 122 cm³/mol. The molecule has 2 N–H and O–H groups in total. The minimum absolute atomic E-state index is 0.535. The summed E-state index contributed by atoms with van der Waals surface area (Å²) in [5.41, 5.74) is 0. The van der Waals surface area contributed by atoms with Gasteiger partial charge < -0.3 is 20.4 Å². The Bertz CT molecular complexity index is 656. The van der Waals surface area contributed by atoms with E-state index >= 15 is 0 Å². The largest absolute Gasteiger partial charge is 0.362 e. The molecular formula is C21H36N6S. The normalized spacial score (nSPS) is 21.1. The maximum atomic E-state index is 5.46. The SMILES string of the molecule is CC(C)CNC(=S)Nc1nc(N2CCC(C)CC2)cc(N2CCC[C@@H](C)C2)n1. The van der Waals surface area contributed by atoms with Gasteiger partial charge in [0.2, 0.25) is 5.95 Å². The molecule has 2 saturated heterocycles. The Morgan fingerprint density at radius 2 is 1.75 bits per heavy atom. The lowest BCUT2D eigenvalue weighted by Crippen LogP contribution is -2.37. The Morgan fingerprint density at radius 3 is 2.39 bits per heavy atom. The van der Waals surface area contributed by atoms with Crippen molar-refractivity contribution in [2.75, 3.05) is 47.8 Å². The number of rotatable bonds is 5. The molecule has 0 radical (unpaired) electrons. The minimum Gasteiger partial charge on any atom is -0.362 e. The summed E-state index contributed by atoms with van der Waals surface area (Å²) in [5, 5.41) is 7.07. The highest BCUT2D eigenvalue weighted by atomic mass is 32.1. The zero-order valence-corrected chi connectivity index (χ0v) is 18.7. The van der Waals surface area contributed by atoms with Crippen LogP contribution in [0.4, 0.5) is 17.6 Å². The molecule has 1 aromatic heterocycles. The van der Waals surface area contributed by atoms with Crippen molar-refractivity contribution < 1.29 is 0 Å². The smallest absolute Gasteiger partial charge is 0.232 e. The van der Waals surface area contributed by atoms with Gasteiger partial charge in [-0.3, -0.25) is 0 Å². The second-order valence-electron chi connectivity index (χ2n) is 9.00. The van der Waals surface area contributed by atoms with E-state index in [9.17, 15) is 0 Å². The van der Waals surface area contributed by atoms with Gasteiger partial charge >= 0.3 is 0 Å². The van der Waals surface area contributed by atoms with Gasteiger partial charge in [0.15, 0.2) is 5.11 Å². The number of nitrogens with zero attached hydrogens (tertiary/aromatic N) is 4. The predicted octanol–water partition coefficient (Wildman–Crippen LogP) is 3.89. The summed E-state index contributed by atoms with van der Waals surface area (Å²) in [6.45, 7) is 14.1. The van der Waals surface area contributed by atoms with Crippen molar-refractivity contribution >= 4 is 34.9 Å². The molecule has 6 nitrogen and oxygen atoms in total. The van der Waals surface area contributed by atoms with Crippen molar-refractivity contribution in [3.8, 4) is 0 Å². The summed E-state index contributed by atoms with van der Waals surface area (Å²) >= 11 is 5.46. The fraction of sp³-hybridized carbons (Fsp3) is 0.762. The van der Waals surface area contributed by atoms with Crippen LogP contribution >= 0.6 is 12.2 Å². The molecule has 1 atom stereocenters. The Labute approximate surface area is 175 Å². The minimum atomic E-state index is 0.535. The first kappa shape index (κ1) is 21.1. The number of anilines is 3. The van der Waals surface area contributed by atoms with Crippen LogP contribution in [0.1, 0.15) is 53.4 Å². The molecule has 156 valence electrons. The van der Waals surface area contributed by atoms with Crippen molar-refractivity contribution in [2.45, 2.75) is 53.4 Å². The van der Waals surface area contributed by atoms with Crippen LogP contribution in [0.25, 0.3) is 0 Å². The fourth-order valence-corrected chi connectivity index (χ4v) is 4.05. The average molecular weight is 405 g/mol. The Morgan fingerprint density at radius 1 is 1.07 bits per heavy atom. The molecule has 2 aliphatic rings. The van der Waals surface area contributed by atoms with E-state index in [1.54, 1.807) is 0 Å². The second-order valence-corrected chi connectivity index (χ2v) is 9.41. The Hall–Kier alpha value is -1.63. The van der Waals surface area contributed by atoms with Crippen molar-refractivity contribution in [2.24, 2.45) is 17.8 Å². The molecule has 1 aromatic rings. The van der Waals surface area contributed by atoms with Crippen LogP contribution in [-0.4, -0.2) is 47.8 Å². The van der Waals surface area contributed by atoms with Gasteiger partial charge in [-0.05, 0) is 55.7 Å². The molecule has 28 heavy (non-hydrogen) atoms. The molecule has 0 bridgehead atoms. The van der Waals surface area contributed by atoms with Crippen LogP contribution in [-0.2, 0) is 0 Å². The molecule has 0 aromatic carbocycles. The van der Waals surface area contributed by atoms with Gasteiger partial charge in [0.05, 0.1) is 0 Å². The van der Waals surface area contributed by atoms with Crippen LogP contribution < -0.4 is 20.4 Å². The molecule has 0 unspecified atom stereocenters. The van der Waals surface area contributed by atoms with Crippen molar-refractivity contribution in [3.63, 3.8) is 0 Å². The number of hydrogen-bond acceptors (Lipinski definition) is 5. The number of hydrogen-bond donors (Lipinski definition) is 2. The van der Waals surface area contributed by atoms with Gasteiger partial charge in [-0.25, -0.2) is 0 Å². The van der Waals surface area contributed by atoms with E-state index < -0.39 is 0 Å². The van der Waals surface area contributed by atoms with Crippen molar-refractivity contribution in [3.05, 3.63) is 6.07 Å². The zero-order valence-electron chi connectivity index (χ0n) is 17.9. The first-order valence-electron chi connectivity index (χ1n) is 10.8. The third-order valence-electron chi connectivity index (χ3n) is 5.68. The second kappa shape index (κ2) is 9.72. The summed E-state index contributed by atoms with van der Waals surface area (Å²) < 4.78 is 0. The van der Waals surface area contributed by atoms with Gasteiger partial charge in [0.1, 0.15) is 11.6 Å². The molecule has 0 aliphatic carbocycles. The molecular weight excluding hydrogens is 368 g/mol. The highest BCUT2D eigenvalue weighted by Gasteiger charge is 2.22. The quantitative estimate of drug-likeness (QED) is 0.722. The number of aromatic nitrogens is 2. The van der Waals surface area contributed by atoms with Crippen LogP contribution in [0, 0.1) is 17.8 Å². The maximum absolute atomic E-state index is 5.46. The maximum Gasteiger partial charge on any atom is 0.232 e. The fourth-order valence-electron chi connectivity index (χ4n) is 3.88. The van der Waals surface area contributed by atoms with E-state index in [-0.39, 0.29) is 0 Å². The van der Waals surface area contributed by atoms with E-state index in [0.29, 0.717) is 22.9 Å². The first-order chi connectivity index (χ1) is 13.4. The van der Waals surface area contributed by atoms with Crippen LogP contribution in [0.5, 0.6) is 0 Å². The van der Waals surface area contributed by atoms with Crippen LogP contribution in [0.15, 0.2) is 6.07 Å². The lowest BCUT2D eigenvalue weighted by atomic mass is 9.99. The molecule has 0 saturated carbocycles. The standard InChI is InChI=1S/C21H36N6S/c1-15(2)13-22-21(28)25-20-23-18(26-10-7-16(3)8-11-26)12-19(24-20)27-9-5-6-17(4)14-27/h12,15-17H,5-11,13-14H2,1-4H3,(H2,22,23,24,25,28)/t17-/m1/s1. The number of nitrogens with one attached hydrogen (secondary N) is 2.